The lowest BCUT2D eigenvalue weighted by molar-refractivity contribution is -0.274. The van der Waals surface area contributed by atoms with Crippen molar-refractivity contribution in [3.05, 3.63) is 65.7 Å². The van der Waals surface area contributed by atoms with Gasteiger partial charge in [-0.15, -0.1) is 13.2 Å². The first-order valence-corrected chi connectivity index (χ1v) is 8.05. The number of carbonyl (C=O) groups is 1. The van der Waals surface area contributed by atoms with Gasteiger partial charge in [0.1, 0.15) is 11.5 Å². The number of hydrogen-bond acceptors (Lipinski definition) is 4. The van der Waals surface area contributed by atoms with Gasteiger partial charge in [0.05, 0.1) is 12.7 Å². The van der Waals surface area contributed by atoms with E-state index in [1.165, 1.54) is 18.2 Å². The SMILES string of the molecule is N#CCCCOc1cccc(/C=C/C(=O)c2ccc(OC(F)(F)F)cc2)c1. The van der Waals surface area contributed by atoms with E-state index in [0.717, 1.165) is 17.7 Å². The lowest BCUT2D eigenvalue weighted by atomic mass is 10.1. The third-order valence-electron chi connectivity index (χ3n) is 3.36. The number of allylic oxidation sites excluding steroid dienone is 1. The van der Waals surface area contributed by atoms with Gasteiger partial charge < -0.3 is 9.47 Å². The van der Waals surface area contributed by atoms with Crippen molar-refractivity contribution in [3.63, 3.8) is 0 Å². The summed E-state index contributed by atoms with van der Waals surface area (Å²) in [5.74, 6) is -0.116. The van der Waals surface area contributed by atoms with E-state index in [0.29, 0.717) is 25.2 Å². The highest BCUT2D eigenvalue weighted by Gasteiger charge is 2.30. The van der Waals surface area contributed by atoms with Crippen LogP contribution in [0.3, 0.4) is 0 Å². The summed E-state index contributed by atoms with van der Waals surface area (Å²) in [7, 11) is 0. The number of hydrogen-bond donors (Lipinski definition) is 0. The second-order valence-electron chi connectivity index (χ2n) is 5.45. The Morgan fingerprint density at radius 1 is 1.11 bits per heavy atom. The van der Waals surface area contributed by atoms with Gasteiger partial charge >= 0.3 is 6.36 Å². The largest absolute Gasteiger partial charge is 0.573 e. The van der Waals surface area contributed by atoms with Gasteiger partial charge in [0.2, 0.25) is 0 Å². The van der Waals surface area contributed by atoms with E-state index in [2.05, 4.69) is 4.74 Å². The first-order valence-electron chi connectivity index (χ1n) is 8.05. The van der Waals surface area contributed by atoms with Gasteiger partial charge in [-0.25, -0.2) is 0 Å². The average Bonchev–Trinajstić information content (AvgIpc) is 2.63. The second-order valence-corrected chi connectivity index (χ2v) is 5.45. The molecule has 27 heavy (non-hydrogen) atoms. The first kappa shape index (κ1) is 20.0. The number of unbranched alkanes of at least 4 members (excludes halogenated alkanes) is 1. The molecule has 0 heterocycles. The summed E-state index contributed by atoms with van der Waals surface area (Å²) in [6, 6.07) is 13.8. The van der Waals surface area contributed by atoms with Crippen molar-refractivity contribution >= 4 is 11.9 Å². The normalized spacial score (nSPS) is 11.2. The molecule has 4 nitrogen and oxygen atoms in total. The predicted molar refractivity (Wildman–Crippen MR) is 93.3 cm³/mol. The number of alkyl halides is 3. The molecule has 0 unspecified atom stereocenters. The molecule has 7 heteroatoms. The molecule has 0 radical (unpaired) electrons. The molecule has 2 rings (SSSR count). The van der Waals surface area contributed by atoms with Crippen molar-refractivity contribution in [3.8, 4) is 17.6 Å². The fourth-order valence-corrected chi connectivity index (χ4v) is 2.14. The molecule has 140 valence electrons. The Labute approximate surface area is 154 Å². The van der Waals surface area contributed by atoms with Gasteiger partial charge in [0.15, 0.2) is 5.78 Å². The lowest BCUT2D eigenvalue weighted by Gasteiger charge is -2.08. The molecule has 0 atom stereocenters. The molecule has 0 aromatic heterocycles. The molecular formula is C20H16F3NO3. The molecule has 2 aromatic carbocycles. The van der Waals surface area contributed by atoms with Crippen LogP contribution >= 0.6 is 0 Å². The van der Waals surface area contributed by atoms with E-state index in [-0.39, 0.29) is 17.1 Å². The second kappa shape index (κ2) is 9.43. The average molecular weight is 375 g/mol. The van der Waals surface area contributed by atoms with Crippen molar-refractivity contribution in [2.45, 2.75) is 19.2 Å². The third kappa shape index (κ3) is 7.24. The highest BCUT2D eigenvalue weighted by Crippen LogP contribution is 2.23. The van der Waals surface area contributed by atoms with E-state index in [1.54, 1.807) is 30.3 Å². The Balaban J connectivity index is 1.97. The number of ketones is 1. The summed E-state index contributed by atoms with van der Waals surface area (Å²) in [4.78, 5) is 12.1. The van der Waals surface area contributed by atoms with Crippen LogP contribution in [0.1, 0.15) is 28.8 Å². The van der Waals surface area contributed by atoms with Gasteiger partial charge in [-0.2, -0.15) is 5.26 Å². The maximum absolute atomic E-state index is 12.1. The number of nitriles is 1. The summed E-state index contributed by atoms with van der Waals surface area (Å²) >= 11 is 0. The molecule has 0 bridgehead atoms. The Morgan fingerprint density at radius 3 is 2.52 bits per heavy atom. The minimum atomic E-state index is -4.77. The van der Waals surface area contributed by atoms with E-state index >= 15 is 0 Å². The number of halogens is 3. The topological polar surface area (TPSA) is 59.3 Å². The molecule has 0 aliphatic heterocycles. The molecule has 0 aliphatic rings. The van der Waals surface area contributed by atoms with Crippen molar-refractivity contribution in [2.24, 2.45) is 0 Å². The molecule has 2 aromatic rings. The van der Waals surface area contributed by atoms with Crippen LogP contribution in [0.25, 0.3) is 6.08 Å². The number of nitrogens with zero attached hydrogens (tertiary/aromatic N) is 1. The molecule has 0 N–H and O–H groups in total. The molecule has 0 aliphatic carbocycles. The van der Waals surface area contributed by atoms with E-state index in [9.17, 15) is 18.0 Å². The Hall–Kier alpha value is -3.27. The Bertz CT molecular complexity index is 837. The summed E-state index contributed by atoms with van der Waals surface area (Å²) in [6.07, 6.45) is -0.809. The van der Waals surface area contributed by atoms with E-state index in [1.807, 2.05) is 6.07 Å². The summed E-state index contributed by atoms with van der Waals surface area (Å²) < 4.78 is 45.7. The number of benzene rings is 2. The van der Waals surface area contributed by atoms with Gasteiger partial charge in [0, 0.05) is 12.0 Å². The van der Waals surface area contributed by atoms with Crippen LogP contribution in [0.2, 0.25) is 0 Å². The van der Waals surface area contributed by atoms with Crippen LogP contribution in [0.5, 0.6) is 11.5 Å². The van der Waals surface area contributed by atoms with Gasteiger partial charge in [-0.05, 0) is 54.5 Å². The number of carbonyl (C=O) groups excluding carboxylic acids is 1. The summed E-state index contributed by atoms with van der Waals surface area (Å²) in [5.41, 5.74) is 0.975. The predicted octanol–water partition coefficient (Wildman–Crippen LogP) is 5.16. The third-order valence-corrected chi connectivity index (χ3v) is 3.36. The van der Waals surface area contributed by atoms with Crippen molar-refractivity contribution in [1.29, 1.82) is 5.26 Å². The zero-order valence-electron chi connectivity index (χ0n) is 14.2. The van der Waals surface area contributed by atoms with E-state index in [4.69, 9.17) is 10.00 Å². The number of rotatable bonds is 8. The monoisotopic (exact) mass is 375 g/mol. The minimum Gasteiger partial charge on any atom is -0.494 e. The van der Waals surface area contributed by atoms with Gasteiger partial charge in [-0.1, -0.05) is 18.2 Å². The molecule has 0 spiro atoms. The van der Waals surface area contributed by atoms with Crippen LogP contribution in [-0.2, 0) is 0 Å². The molecule has 0 saturated heterocycles. The fraction of sp³-hybridized carbons (Fsp3) is 0.200. The Morgan fingerprint density at radius 2 is 1.85 bits per heavy atom. The highest BCUT2D eigenvalue weighted by atomic mass is 19.4. The number of ether oxygens (including phenoxy) is 2. The van der Waals surface area contributed by atoms with Crippen LogP contribution < -0.4 is 9.47 Å². The van der Waals surface area contributed by atoms with Crippen LogP contribution in [0, 0.1) is 11.3 Å². The highest BCUT2D eigenvalue weighted by molar-refractivity contribution is 6.06. The van der Waals surface area contributed by atoms with Crippen molar-refractivity contribution < 1.29 is 27.4 Å². The zero-order chi connectivity index (χ0) is 19.7. The Kier molecular flexibility index (Phi) is 7.00. The molecule has 0 amide bonds. The van der Waals surface area contributed by atoms with Crippen molar-refractivity contribution in [1.82, 2.24) is 0 Å². The quantitative estimate of drug-likeness (QED) is 0.363. The maximum Gasteiger partial charge on any atom is 0.573 e. The molecule has 0 saturated carbocycles. The van der Waals surface area contributed by atoms with Crippen LogP contribution in [0.4, 0.5) is 13.2 Å². The summed E-state index contributed by atoms with van der Waals surface area (Å²) in [5, 5.41) is 8.48. The standard InChI is InChI=1S/C20H16F3NO3/c21-20(22,23)27-17-9-7-16(8-10-17)19(25)11-6-15-4-3-5-18(14-15)26-13-2-1-12-24/h3-11,14H,1-2,13H2/b11-6+. The zero-order valence-corrected chi connectivity index (χ0v) is 14.2. The van der Waals surface area contributed by atoms with Gasteiger partial charge in [0.25, 0.3) is 0 Å². The van der Waals surface area contributed by atoms with Gasteiger partial charge in [-0.3, -0.25) is 4.79 Å². The first-order chi connectivity index (χ1) is 12.9. The fourth-order valence-electron chi connectivity index (χ4n) is 2.14. The molecule has 0 fully saturated rings. The molecular weight excluding hydrogens is 359 g/mol. The van der Waals surface area contributed by atoms with E-state index < -0.39 is 6.36 Å². The van der Waals surface area contributed by atoms with Crippen LogP contribution in [0.15, 0.2) is 54.6 Å². The summed E-state index contributed by atoms with van der Waals surface area (Å²) in [6.45, 7) is 0.423. The lowest BCUT2D eigenvalue weighted by Crippen LogP contribution is -2.17. The maximum atomic E-state index is 12.1. The minimum absolute atomic E-state index is 0.240. The smallest absolute Gasteiger partial charge is 0.494 e. The van der Waals surface area contributed by atoms with Crippen molar-refractivity contribution in [2.75, 3.05) is 6.61 Å². The van der Waals surface area contributed by atoms with Crippen LogP contribution in [-0.4, -0.2) is 18.8 Å².